The third-order valence-corrected chi connectivity index (χ3v) is 1.75. The van der Waals surface area contributed by atoms with Crippen LogP contribution in [0.2, 0.25) is 0 Å². The second-order valence-electron chi connectivity index (χ2n) is 2.56. The molecule has 2 unspecified atom stereocenters. The minimum Gasteiger partial charge on any atom is -0.376 e. The number of ether oxygens (including phenoxy) is 1. The summed E-state index contributed by atoms with van der Waals surface area (Å²) in [5.74, 6) is -1.39. The average Bonchev–Trinajstić information content (AvgIpc) is 2.03. The number of carbonyl (C=O) groups excluding carboxylic acids is 1. The Morgan fingerprint density at radius 1 is 1.75 bits per heavy atom. The van der Waals surface area contributed by atoms with Crippen molar-refractivity contribution in [1.29, 1.82) is 0 Å². The number of hydrogen-bond donors (Lipinski definition) is 0. The lowest BCUT2D eigenvalue weighted by Crippen LogP contribution is -2.25. The van der Waals surface area contributed by atoms with Crippen molar-refractivity contribution in [1.82, 2.24) is 0 Å². The van der Waals surface area contributed by atoms with E-state index in [9.17, 15) is 9.18 Å². The van der Waals surface area contributed by atoms with Gasteiger partial charge in [-0.05, 0) is 6.08 Å². The second kappa shape index (κ2) is 3.67. The fourth-order valence-electron chi connectivity index (χ4n) is 1.11. The molecule has 12 heavy (non-hydrogen) atoms. The first-order valence-electron chi connectivity index (χ1n) is 3.51. The smallest absolute Gasteiger partial charge is 0.132 e. The van der Waals surface area contributed by atoms with Crippen LogP contribution in [0.3, 0.4) is 0 Å². The van der Waals surface area contributed by atoms with E-state index < -0.39 is 17.8 Å². The van der Waals surface area contributed by atoms with Crippen LogP contribution in [0, 0.1) is 5.92 Å². The van der Waals surface area contributed by atoms with Crippen LogP contribution in [-0.2, 0) is 9.53 Å². The summed E-state index contributed by atoms with van der Waals surface area (Å²) in [5.41, 5.74) is 0.289. The van der Waals surface area contributed by atoms with E-state index in [1.54, 1.807) is 0 Å². The normalized spacial score (nSPS) is 29.2. The van der Waals surface area contributed by atoms with Gasteiger partial charge in [-0.25, -0.2) is 4.39 Å². The van der Waals surface area contributed by atoms with E-state index in [-0.39, 0.29) is 5.47 Å². The minimum atomic E-state index is -0.845. The highest BCUT2D eigenvalue weighted by Gasteiger charge is 2.26. The molecule has 1 aliphatic carbocycles. The second-order valence-corrected chi connectivity index (χ2v) is 2.56. The van der Waals surface area contributed by atoms with Crippen LogP contribution in [0.25, 0.3) is 0 Å². The van der Waals surface area contributed by atoms with Gasteiger partial charge in [-0.2, -0.15) is 0 Å². The molecule has 2 radical (unpaired) electrons. The van der Waals surface area contributed by atoms with Crippen molar-refractivity contribution in [2.45, 2.75) is 6.10 Å². The molecule has 0 heterocycles. The summed E-state index contributed by atoms with van der Waals surface area (Å²) >= 11 is 0. The maximum atomic E-state index is 13.0. The molecule has 0 spiro atoms. The average molecular weight is 166 g/mol. The van der Waals surface area contributed by atoms with E-state index in [2.05, 4.69) is 0 Å². The van der Waals surface area contributed by atoms with Crippen LogP contribution in [0.4, 0.5) is 4.39 Å². The van der Waals surface area contributed by atoms with Gasteiger partial charge in [0.1, 0.15) is 20.0 Å². The van der Waals surface area contributed by atoms with E-state index in [0.29, 0.717) is 6.29 Å². The number of aldehydes is 1. The van der Waals surface area contributed by atoms with Crippen LogP contribution in [-0.4, -0.2) is 27.3 Å². The van der Waals surface area contributed by atoms with E-state index in [4.69, 9.17) is 12.6 Å². The third-order valence-electron chi connectivity index (χ3n) is 1.75. The van der Waals surface area contributed by atoms with Gasteiger partial charge in [0.05, 0.1) is 12.0 Å². The van der Waals surface area contributed by atoms with Gasteiger partial charge in [-0.15, -0.1) is 0 Å². The molecule has 0 aromatic rings. The first-order valence-corrected chi connectivity index (χ1v) is 3.51. The van der Waals surface area contributed by atoms with Crippen molar-refractivity contribution >= 4 is 14.1 Å². The Balaban J connectivity index is 2.90. The van der Waals surface area contributed by atoms with Crippen molar-refractivity contribution in [3.63, 3.8) is 0 Å². The van der Waals surface area contributed by atoms with Crippen LogP contribution >= 0.6 is 0 Å². The molecule has 4 heteroatoms. The van der Waals surface area contributed by atoms with Gasteiger partial charge in [-0.3, -0.25) is 0 Å². The van der Waals surface area contributed by atoms with E-state index in [1.807, 2.05) is 0 Å². The van der Waals surface area contributed by atoms with Crippen molar-refractivity contribution in [2.75, 3.05) is 7.11 Å². The van der Waals surface area contributed by atoms with Gasteiger partial charge in [0.15, 0.2) is 0 Å². The van der Waals surface area contributed by atoms with Crippen molar-refractivity contribution in [3.05, 3.63) is 23.5 Å². The summed E-state index contributed by atoms with van der Waals surface area (Å²) in [5, 5.41) is 0. The van der Waals surface area contributed by atoms with E-state index >= 15 is 0 Å². The van der Waals surface area contributed by atoms with Crippen molar-refractivity contribution < 1.29 is 13.9 Å². The van der Waals surface area contributed by atoms with Crippen LogP contribution < -0.4 is 0 Å². The van der Waals surface area contributed by atoms with E-state index in [1.165, 1.54) is 13.2 Å². The van der Waals surface area contributed by atoms with E-state index in [0.717, 1.165) is 6.08 Å². The molecule has 0 saturated carbocycles. The molecule has 0 aliphatic heterocycles. The molecule has 2 nitrogen and oxygen atoms in total. The number of halogens is 1. The minimum absolute atomic E-state index is 0.289. The zero-order valence-electron chi connectivity index (χ0n) is 6.66. The SMILES string of the molecule is [B]C1=CC(OC)C(C=O)C(F)=C1. The molecule has 0 aromatic carbocycles. The fraction of sp³-hybridized carbons (Fsp3) is 0.375. The molecule has 0 N–H and O–H groups in total. The Morgan fingerprint density at radius 3 is 2.92 bits per heavy atom. The van der Waals surface area contributed by atoms with Gasteiger partial charge in [0, 0.05) is 7.11 Å². The Labute approximate surface area is 71.5 Å². The lowest BCUT2D eigenvalue weighted by atomic mass is 9.84. The summed E-state index contributed by atoms with van der Waals surface area (Å²) < 4.78 is 17.8. The predicted octanol–water partition coefficient (Wildman–Crippen LogP) is 0.736. The standard InChI is InChI=1S/C8H8BFO2/c1-12-8-3-5(9)2-7(10)6(8)4-11/h2-4,6,8H,1H3. The molecular formula is C8H8BFO2. The Hall–Kier alpha value is -0.895. The number of allylic oxidation sites excluding steroid dienone is 2. The lowest BCUT2D eigenvalue weighted by Gasteiger charge is -2.21. The molecule has 2 atom stereocenters. The lowest BCUT2D eigenvalue weighted by molar-refractivity contribution is -0.113. The first-order chi connectivity index (χ1) is 5.69. The quantitative estimate of drug-likeness (QED) is 0.446. The molecule has 62 valence electrons. The Bertz CT molecular complexity index is 247. The highest BCUT2D eigenvalue weighted by molar-refractivity contribution is 6.23. The summed E-state index contributed by atoms with van der Waals surface area (Å²) in [6.45, 7) is 0. The number of rotatable bonds is 2. The van der Waals surface area contributed by atoms with Crippen LogP contribution in [0.1, 0.15) is 0 Å². The highest BCUT2D eigenvalue weighted by Crippen LogP contribution is 2.24. The summed E-state index contributed by atoms with van der Waals surface area (Å²) in [4.78, 5) is 10.4. The summed E-state index contributed by atoms with van der Waals surface area (Å²) in [7, 11) is 6.76. The maximum absolute atomic E-state index is 13.0. The predicted molar refractivity (Wildman–Crippen MR) is 43.4 cm³/mol. The van der Waals surface area contributed by atoms with Gasteiger partial charge >= 0.3 is 0 Å². The first kappa shape index (κ1) is 9.19. The molecule has 0 bridgehead atoms. The molecule has 1 aliphatic rings. The van der Waals surface area contributed by atoms with Crippen LogP contribution in [0.15, 0.2) is 23.5 Å². The van der Waals surface area contributed by atoms with Gasteiger partial charge in [0.2, 0.25) is 0 Å². The van der Waals surface area contributed by atoms with Gasteiger partial charge in [0.25, 0.3) is 0 Å². The molecule has 0 saturated heterocycles. The van der Waals surface area contributed by atoms with Gasteiger partial charge in [-0.1, -0.05) is 11.5 Å². The maximum Gasteiger partial charge on any atom is 0.132 e. The monoisotopic (exact) mass is 166 g/mol. The molecule has 0 fully saturated rings. The van der Waals surface area contributed by atoms with Crippen molar-refractivity contribution in [2.24, 2.45) is 5.92 Å². The topological polar surface area (TPSA) is 26.3 Å². The number of hydrogen-bond acceptors (Lipinski definition) is 2. The molecule has 1 rings (SSSR count). The highest BCUT2D eigenvalue weighted by atomic mass is 19.1. The zero-order valence-corrected chi connectivity index (χ0v) is 6.66. The molecular weight excluding hydrogens is 158 g/mol. The fourth-order valence-corrected chi connectivity index (χ4v) is 1.11. The largest absolute Gasteiger partial charge is 0.376 e. The summed E-state index contributed by atoms with van der Waals surface area (Å²) in [6.07, 6.45) is 2.59. The third kappa shape index (κ3) is 1.64. The number of carbonyl (C=O) groups is 1. The summed E-state index contributed by atoms with van der Waals surface area (Å²) in [6, 6.07) is 0. The van der Waals surface area contributed by atoms with Crippen molar-refractivity contribution in [3.8, 4) is 0 Å². The van der Waals surface area contributed by atoms with Crippen LogP contribution in [0.5, 0.6) is 0 Å². The zero-order chi connectivity index (χ0) is 9.14. The van der Waals surface area contributed by atoms with Gasteiger partial charge < -0.3 is 9.53 Å². The Morgan fingerprint density at radius 2 is 2.42 bits per heavy atom. The number of methoxy groups -OCH3 is 1. The Kier molecular flexibility index (Phi) is 2.81. The molecule has 0 amide bonds. The molecule has 0 aromatic heterocycles.